The van der Waals surface area contributed by atoms with E-state index < -0.39 is 6.17 Å². The second-order valence-electron chi connectivity index (χ2n) is 2.96. The first-order chi connectivity index (χ1) is 5.65. The molecule has 0 saturated heterocycles. The van der Waals surface area contributed by atoms with Crippen LogP contribution >= 0.6 is 11.3 Å². The molecule has 0 spiro atoms. The Morgan fingerprint density at radius 1 is 1.67 bits per heavy atom. The monoisotopic (exact) mass is 188 g/mol. The molecule has 1 atom stereocenters. The molecule has 1 rings (SSSR count). The minimum atomic E-state index is -1.05. The van der Waals surface area contributed by atoms with E-state index in [1.807, 2.05) is 13.8 Å². The summed E-state index contributed by atoms with van der Waals surface area (Å²) in [5, 5.41) is 0.973. The Labute approximate surface area is 75.6 Å². The number of hydrogen-bond acceptors (Lipinski definition) is 3. The normalized spacial score (nSPS) is 13.8. The fourth-order valence-corrected chi connectivity index (χ4v) is 1.74. The van der Waals surface area contributed by atoms with Crippen molar-refractivity contribution in [2.45, 2.75) is 25.9 Å². The van der Waals surface area contributed by atoms with Gasteiger partial charge in [0.05, 0.1) is 9.88 Å². The van der Waals surface area contributed by atoms with Crippen LogP contribution in [0.2, 0.25) is 0 Å². The van der Waals surface area contributed by atoms with Gasteiger partial charge in [-0.1, -0.05) is 13.8 Å². The number of hydrogen-bond donors (Lipinski definition) is 1. The first-order valence-corrected chi connectivity index (χ1v) is 4.76. The summed E-state index contributed by atoms with van der Waals surface area (Å²) in [6.45, 7) is 4.12. The Bertz CT molecular complexity index is 247. The highest BCUT2D eigenvalue weighted by atomic mass is 32.1. The van der Waals surface area contributed by atoms with E-state index >= 15 is 0 Å². The summed E-state index contributed by atoms with van der Waals surface area (Å²) in [5.41, 5.74) is 5.19. The van der Waals surface area contributed by atoms with Crippen molar-refractivity contribution in [3.05, 3.63) is 16.1 Å². The van der Waals surface area contributed by atoms with Crippen molar-refractivity contribution in [1.82, 2.24) is 4.98 Å². The maximum atomic E-state index is 13.0. The van der Waals surface area contributed by atoms with Crippen LogP contribution in [0.5, 0.6) is 0 Å². The zero-order chi connectivity index (χ0) is 9.14. The van der Waals surface area contributed by atoms with Gasteiger partial charge in [0.1, 0.15) is 6.17 Å². The quantitative estimate of drug-likeness (QED) is 0.790. The van der Waals surface area contributed by atoms with Gasteiger partial charge in [-0.3, -0.25) is 0 Å². The molecule has 2 N–H and O–H groups in total. The lowest BCUT2D eigenvalue weighted by molar-refractivity contribution is 0.358. The molecule has 0 amide bonds. The van der Waals surface area contributed by atoms with Crippen LogP contribution in [0.25, 0.3) is 0 Å². The Balaban J connectivity index is 2.77. The van der Waals surface area contributed by atoms with Crippen LogP contribution in [0, 0.1) is 0 Å². The fourth-order valence-electron chi connectivity index (χ4n) is 0.829. The Kier molecular flexibility index (Phi) is 3.17. The van der Waals surface area contributed by atoms with Gasteiger partial charge < -0.3 is 5.73 Å². The summed E-state index contributed by atoms with van der Waals surface area (Å²) in [6, 6.07) is 0. The highest BCUT2D eigenvalue weighted by molar-refractivity contribution is 7.11. The van der Waals surface area contributed by atoms with E-state index in [2.05, 4.69) is 4.98 Å². The summed E-state index contributed by atoms with van der Waals surface area (Å²) >= 11 is 1.41. The third-order valence-corrected chi connectivity index (χ3v) is 2.93. The second-order valence-corrected chi connectivity index (χ2v) is 4.05. The summed E-state index contributed by atoms with van der Waals surface area (Å²) in [5.74, 6) is 0.369. The molecule has 68 valence electrons. The van der Waals surface area contributed by atoms with Gasteiger partial charge in [-0.25, -0.2) is 9.37 Å². The van der Waals surface area contributed by atoms with E-state index in [4.69, 9.17) is 5.73 Å². The Morgan fingerprint density at radius 2 is 2.33 bits per heavy atom. The molecule has 0 aliphatic heterocycles. The van der Waals surface area contributed by atoms with E-state index in [9.17, 15) is 4.39 Å². The first kappa shape index (κ1) is 9.61. The molecule has 0 aliphatic carbocycles. The number of nitrogens with zero attached hydrogens (tertiary/aromatic N) is 1. The minimum absolute atomic E-state index is 0.0414. The van der Waals surface area contributed by atoms with Crippen LogP contribution in [0.3, 0.4) is 0 Å². The molecule has 12 heavy (non-hydrogen) atoms. The van der Waals surface area contributed by atoms with E-state index in [1.165, 1.54) is 11.3 Å². The van der Waals surface area contributed by atoms with Crippen LogP contribution in [0.1, 0.15) is 35.8 Å². The minimum Gasteiger partial charge on any atom is -0.327 e. The molecule has 0 bridgehead atoms. The number of alkyl halides is 1. The van der Waals surface area contributed by atoms with Crippen molar-refractivity contribution in [3.8, 4) is 0 Å². The van der Waals surface area contributed by atoms with Gasteiger partial charge in [0.25, 0.3) is 0 Å². The standard InChI is InChI=1S/C8H13FN2S/c1-5(2)8-11-4-7(12-8)6(9)3-10/h4-6H,3,10H2,1-2H3. The van der Waals surface area contributed by atoms with E-state index in [1.54, 1.807) is 6.20 Å². The topological polar surface area (TPSA) is 38.9 Å². The summed E-state index contributed by atoms with van der Waals surface area (Å²) in [4.78, 5) is 4.75. The first-order valence-electron chi connectivity index (χ1n) is 3.95. The molecule has 1 aromatic heterocycles. The summed E-state index contributed by atoms with van der Waals surface area (Å²) < 4.78 is 13.0. The molecule has 0 aliphatic rings. The van der Waals surface area contributed by atoms with Gasteiger partial charge in [-0.15, -0.1) is 11.3 Å². The highest BCUT2D eigenvalue weighted by Gasteiger charge is 2.12. The average molecular weight is 188 g/mol. The van der Waals surface area contributed by atoms with E-state index in [-0.39, 0.29) is 6.54 Å². The van der Waals surface area contributed by atoms with Gasteiger partial charge in [-0.05, 0) is 0 Å². The number of nitrogens with two attached hydrogens (primary N) is 1. The van der Waals surface area contributed by atoms with Crippen LogP contribution in [-0.2, 0) is 0 Å². The summed E-state index contributed by atoms with van der Waals surface area (Å²) in [6.07, 6.45) is 0.535. The van der Waals surface area contributed by atoms with E-state index in [0.29, 0.717) is 10.8 Å². The molecule has 4 heteroatoms. The van der Waals surface area contributed by atoms with Crippen LogP contribution in [0.15, 0.2) is 6.20 Å². The number of thiazole rings is 1. The highest BCUT2D eigenvalue weighted by Crippen LogP contribution is 2.27. The van der Waals surface area contributed by atoms with Crippen LogP contribution < -0.4 is 5.73 Å². The molecule has 0 saturated carbocycles. The molecule has 1 aromatic rings. The predicted molar refractivity (Wildman–Crippen MR) is 49.1 cm³/mol. The van der Waals surface area contributed by atoms with Gasteiger partial charge >= 0.3 is 0 Å². The Morgan fingerprint density at radius 3 is 2.75 bits per heavy atom. The lowest BCUT2D eigenvalue weighted by atomic mass is 10.2. The molecule has 0 aromatic carbocycles. The van der Waals surface area contributed by atoms with Crippen molar-refractivity contribution < 1.29 is 4.39 Å². The largest absolute Gasteiger partial charge is 0.327 e. The molecule has 1 unspecified atom stereocenters. The van der Waals surface area contributed by atoms with Crippen molar-refractivity contribution in [3.63, 3.8) is 0 Å². The SMILES string of the molecule is CC(C)c1ncc(C(F)CN)s1. The zero-order valence-electron chi connectivity index (χ0n) is 7.25. The van der Waals surface area contributed by atoms with Gasteiger partial charge in [0.15, 0.2) is 0 Å². The zero-order valence-corrected chi connectivity index (χ0v) is 8.07. The third-order valence-electron chi connectivity index (χ3n) is 1.55. The predicted octanol–water partition coefficient (Wildman–Crippen LogP) is 2.24. The smallest absolute Gasteiger partial charge is 0.148 e. The van der Waals surface area contributed by atoms with Gasteiger partial charge in [-0.2, -0.15) is 0 Å². The van der Waals surface area contributed by atoms with Crippen molar-refractivity contribution >= 4 is 11.3 Å². The van der Waals surface area contributed by atoms with Crippen LogP contribution in [0.4, 0.5) is 4.39 Å². The maximum absolute atomic E-state index is 13.0. The lowest BCUT2D eigenvalue weighted by Gasteiger charge is -1.99. The van der Waals surface area contributed by atoms with Crippen molar-refractivity contribution in [2.24, 2.45) is 5.73 Å². The molecular weight excluding hydrogens is 175 g/mol. The number of rotatable bonds is 3. The fraction of sp³-hybridized carbons (Fsp3) is 0.625. The van der Waals surface area contributed by atoms with Crippen molar-refractivity contribution in [1.29, 1.82) is 0 Å². The summed E-state index contributed by atoms with van der Waals surface area (Å²) in [7, 11) is 0. The lowest BCUT2D eigenvalue weighted by Crippen LogP contribution is -2.05. The average Bonchev–Trinajstić information content (AvgIpc) is 2.51. The van der Waals surface area contributed by atoms with Crippen LogP contribution in [-0.4, -0.2) is 11.5 Å². The maximum Gasteiger partial charge on any atom is 0.148 e. The third kappa shape index (κ3) is 2.01. The molecular formula is C8H13FN2S. The Hall–Kier alpha value is -0.480. The van der Waals surface area contributed by atoms with Crippen molar-refractivity contribution in [2.75, 3.05) is 6.54 Å². The molecule has 2 nitrogen and oxygen atoms in total. The second kappa shape index (κ2) is 3.96. The molecule has 1 heterocycles. The molecule has 0 radical (unpaired) electrons. The van der Waals surface area contributed by atoms with Gasteiger partial charge in [0.2, 0.25) is 0 Å². The molecule has 0 fully saturated rings. The van der Waals surface area contributed by atoms with Gasteiger partial charge in [0, 0.05) is 18.7 Å². The number of aromatic nitrogens is 1. The van der Waals surface area contributed by atoms with E-state index in [0.717, 1.165) is 5.01 Å². The number of halogens is 1.